The summed E-state index contributed by atoms with van der Waals surface area (Å²) in [6.45, 7) is 4.60. The van der Waals surface area contributed by atoms with Crippen LogP contribution in [0.2, 0.25) is 0 Å². The van der Waals surface area contributed by atoms with Crippen molar-refractivity contribution in [2.75, 3.05) is 0 Å². The zero-order valence-electron chi connectivity index (χ0n) is 15.9. The minimum Gasteiger partial charge on any atom is -0.0951 e. The lowest BCUT2D eigenvalue weighted by Gasteiger charge is -2.25. The van der Waals surface area contributed by atoms with Gasteiger partial charge in [-0.25, -0.2) is 0 Å². The molecule has 0 nitrogen and oxygen atoms in total. The van der Waals surface area contributed by atoms with E-state index in [1.165, 1.54) is 77.0 Å². The molecule has 0 saturated heterocycles. The summed E-state index contributed by atoms with van der Waals surface area (Å²) in [7, 11) is 0. The average molecular weight is 325 g/mol. The van der Waals surface area contributed by atoms with Crippen molar-refractivity contribution in [3.05, 3.63) is 12.2 Å². The van der Waals surface area contributed by atoms with Gasteiger partial charge in [-0.05, 0) is 75.4 Å². The molecule has 2 aliphatic rings. The van der Waals surface area contributed by atoms with Crippen molar-refractivity contribution in [1.82, 2.24) is 0 Å². The smallest absolute Gasteiger partial charge is 0.0206 e. The summed E-state index contributed by atoms with van der Waals surface area (Å²) >= 11 is 0. The second-order valence-corrected chi connectivity index (χ2v) is 7.92. The van der Waals surface area contributed by atoms with Gasteiger partial charge in [0.1, 0.15) is 0 Å². The molecule has 0 aliphatic heterocycles. The summed E-state index contributed by atoms with van der Waals surface area (Å²) in [4.78, 5) is 0. The lowest BCUT2D eigenvalue weighted by molar-refractivity contribution is 0.300. The zero-order valence-corrected chi connectivity index (χ0v) is 15.9. The fourth-order valence-electron chi connectivity index (χ4n) is 4.42. The third kappa shape index (κ3) is 7.18. The molecule has 0 aromatic heterocycles. The van der Waals surface area contributed by atoms with Crippen LogP contribution in [0.5, 0.6) is 0 Å². The van der Waals surface area contributed by atoms with Crippen LogP contribution in [-0.2, 0) is 0 Å². The Morgan fingerprint density at radius 3 is 1.33 bits per heavy atom. The highest BCUT2D eigenvalue weighted by Crippen LogP contribution is 2.31. The largest absolute Gasteiger partial charge is 0.0951 e. The fraction of sp³-hybridized carbons (Fsp3) is 0.750. The van der Waals surface area contributed by atoms with Gasteiger partial charge in [0.05, 0.1) is 0 Å². The molecule has 0 spiro atoms. The molecule has 0 heterocycles. The standard InChI is InChI=1S/C24H36/c1-3-9-21-13-17-23(18-14-21)11-7-5-6-8-12-24-19-15-22(10-4-2)16-20-24/h5-6,21-24H,3-4,9-10,13-20H2,1-2H3. The van der Waals surface area contributed by atoms with Gasteiger partial charge in [0, 0.05) is 11.8 Å². The van der Waals surface area contributed by atoms with Gasteiger partial charge in [0.15, 0.2) is 0 Å². The zero-order chi connectivity index (χ0) is 17.0. The Labute approximate surface area is 150 Å². The average Bonchev–Trinajstić information content (AvgIpc) is 2.61. The molecular weight excluding hydrogens is 288 g/mol. The van der Waals surface area contributed by atoms with E-state index >= 15 is 0 Å². The fourth-order valence-corrected chi connectivity index (χ4v) is 4.42. The van der Waals surface area contributed by atoms with Gasteiger partial charge in [-0.3, -0.25) is 0 Å². The Morgan fingerprint density at radius 2 is 1.00 bits per heavy atom. The maximum Gasteiger partial charge on any atom is 0.0206 e. The van der Waals surface area contributed by atoms with Crippen LogP contribution < -0.4 is 0 Å². The Hall–Kier alpha value is -1.14. The molecule has 0 bridgehead atoms. The molecule has 0 aromatic rings. The van der Waals surface area contributed by atoms with Crippen LogP contribution in [0.15, 0.2) is 12.2 Å². The molecule has 2 fully saturated rings. The van der Waals surface area contributed by atoms with E-state index in [9.17, 15) is 0 Å². The van der Waals surface area contributed by atoms with Gasteiger partial charge in [-0.1, -0.05) is 63.2 Å². The minimum atomic E-state index is 0.629. The molecule has 0 aromatic carbocycles. The van der Waals surface area contributed by atoms with Crippen LogP contribution in [0.4, 0.5) is 0 Å². The number of hydrogen-bond acceptors (Lipinski definition) is 0. The summed E-state index contributed by atoms with van der Waals surface area (Å²) in [5, 5.41) is 0. The third-order valence-electron chi connectivity index (χ3n) is 5.91. The number of rotatable bonds is 4. The number of hydrogen-bond donors (Lipinski definition) is 0. The second-order valence-electron chi connectivity index (χ2n) is 7.92. The Morgan fingerprint density at radius 1 is 0.625 bits per heavy atom. The summed E-state index contributed by atoms with van der Waals surface area (Å²) in [5.74, 6) is 16.5. The highest BCUT2D eigenvalue weighted by molar-refractivity contribution is 5.26. The molecule has 2 saturated carbocycles. The topological polar surface area (TPSA) is 0 Å². The van der Waals surface area contributed by atoms with Crippen LogP contribution >= 0.6 is 0 Å². The monoisotopic (exact) mass is 324 g/mol. The second kappa shape index (κ2) is 11.4. The predicted molar refractivity (Wildman–Crippen MR) is 105 cm³/mol. The first kappa shape index (κ1) is 19.2. The molecule has 0 radical (unpaired) electrons. The molecule has 2 rings (SSSR count). The van der Waals surface area contributed by atoms with Crippen LogP contribution in [0.3, 0.4) is 0 Å². The van der Waals surface area contributed by atoms with Crippen molar-refractivity contribution in [2.45, 2.75) is 90.9 Å². The van der Waals surface area contributed by atoms with Gasteiger partial charge < -0.3 is 0 Å². The van der Waals surface area contributed by atoms with E-state index in [1.54, 1.807) is 0 Å². The van der Waals surface area contributed by atoms with E-state index in [0.29, 0.717) is 11.8 Å². The van der Waals surface area contributed by atoms with Crippen molar-refractivity contribution in [3.63, 3.8) is 0 Å². The van der Waals surface area contributed by atoms with Gasteiger partial charge in [-0.15, -0.1) is 0 Å². The van der Waals surface area contributed by atoms with Crippen molar-refractivity contribution in [2.24, 2.45) is 23.7 Å². The molecule has 0 heteroatoms. The maximum atomic E-state index is 3.44. The van der Waals surface area contributed by atoms with Crippen molar-refractivity contribution < 1.29 is 0 Å². The van der Waals surface area contributed by atoms with Crippen molar-refractivity contribution in [1.29, 1.82) is 0 Å². The molecule has 0 unspecified atom stereocenters. The third-order valence-corrected chi connectivity index (χ3v) is 5.91. The molecule has 0 N–H and O–H groups in total. The van der Waals surface area contributed by atoms with Crippen molar-refractivity contribution in [3.8, 4) is 23.7 Å². The first-order chi connectivity index (χ1) is 11.8. The lowest BCUT2D eigenvalue weighted by Crippen LogP contribution is -2.13. The van der Waals surface area contributed by atoms with Gasteiger partial charge >= 0.3 is 0 Å². The van der Waals surface area contributed by atoms with E-state index in [0.717, 1.165) is 11.8 Å². The number of allylic oxidation sites excluding steroid dienone is 2. The Bertz CT molecular complexity index is 428. The van der Waals surface area contributed by atoms with Crippen LogP contribution in [0.25, 0.3) is 0 Å². The lowest BCUT2D eigenvalue weighted by atomic mass is 9.80. The highest BCUT2D eigenvalue weighted by Gasteiger charge is 2.19. The summed E-state index contributed by atoms with van der Waals surface area (Å²) in [6, 6.07) is 0. The minimum absolute atomic E-state index is 0.629. The van der Waals surface area contributed by atoms with Gasteiger partial charge in [0.2, 0.25) is 0 Å². The van der Waals surface area contributed by atoms with Crippen LogP contribution in [0.1, 0.15) is 90.9 Å². The molecule has 132 valence electrons. The summed E-state index contributed by atoms with van der Waals surface area (Å²) in [6.07, 6.45) is 20.2. The summed E-state index contributed by atoms with van der Waals surface area (Å²) < 4.78 is 0. The molecule has 2 aliphatic carbocycles. The van der Waals surface area contributed by atoms with Crippen LogP contribution in [0, 0.1) is 47.4 Å². The van der Waals surface area contributed by atoms with Gasteiger partial charge in [-0.2, -0.15) is 0 Å². The van der Waals surface area contributed by atoms with Crippen LogP contribution in [-0.4, -0.2) is 0 Å². The molecule has 24 heavy (non-hydrogen) atoms. The molecule has 0 amide bonds. The van der Waals surface area contributed by atoms with Gasteiger partial charge in [0.25, 0.3) is 0 Å². The van der Waals surface area contributed by atoms with Crippen molar-refractivity contribution >= 4 is 0 Å². The SMILES string of the molecule is CCCC1CCC(C#CC=CC#CC2CCC(CCC)CC2)CC1. The van der Waals surface area contributed by atoms with E-state index in [-0.39, 0.29) is 0 Å². The first-order valence-corrected chi connectivity index (χ1v) is 10.5. The van der Waals surface area contributed by atoms with E-state index in [2.05, 4.69) is 37.5 Å². The Balaban J connectivity index is 1.64. The quantitative estimate of drug-likeness (QED) is 0.501. The molecule has 0 atom stereocenters. The maximum absolute atomic E-state index is 3.44. The Kier molecular flexibility index (Phi) is 9.13. The van der Waals surface area contributed by atoms with E-state index < -0.39 is 0 Å². The molecular formula is C24H36. The van der Waals surface area contributed by atoms with E-state index in [4.69, 9.17) is 0 Å². The summed E-state index contributed by atoms with van der Waals surface area (Å²) in [5.41, 5.74) is 0. The van der Waals surface area contributed by atoms with E-state index in [1.807, 2.05) is 12.2 Å². The predicted octanol–water partition coefficient (Wildman–Crippen LogP) is 6.76. The first-order valence-electron chi connectivity index (χ1n) is 10.5. The highest BCUT2D eigenvalue weighted by atomic mass is 14.2. The normalized spacial score (nSPS) is 30.2.